The number of hydrogen-bond acceptors (Lipinski definition) is 4. The molecule has 1 heterocycles. The van der Waals surface area contributed by atoms with E-state index in [9.17, 15) is 8.78 Å². The molecule has 1 aromatic carbocycles. The molecule has 1 atom stereocenters. The number of unbranched alkanes of at least 4 members (excludes halogenated alkanes) is 1. The molecule has 8 heteroatoms. The van der Waals surface area contributed by atoms with Crippen LogP contribution in [0.25, 0.3) is 0 Å². The van der Waals surface area contributed by atoms with Gasteiger partial charge in [0.1, 0.15) is 5.75 Å². The summed E-state index contributed by atoms with van der Waals surface area (Å²) in [5.74, 6) is 0.973. The van der Waals surface area contributed by atoms with E-state index >= 15 is 0 Å². The fourth-order valence-corrected chi connectivity index (χ4v) is 3.08. The van der Waals surface area contributed by atoms with Gasteiger partial charge in [0.2, 0.25) is 0 Å². The highest BCUT2D eigenvalue weighted by Gasteiger charge is 2.25. The lowest BCUT2D eigenvalue weighted by Crippen LogP contribution is -2.44. The average Bonchev–Trinajstić information content (AvgIpc) is 3.12. The summed E-state index contributed by atoms with van der Waals surface area (Å²) in [6.45, 7) is 3.00. The number of rotatable bonds is 10. The van der Waals surface area contributed by atoms with E-state index in [2.05, 4.69) is 25.3 Å². The molecule has 0 amide bonds. The Morgan fingerprint density at radius 1 is 1.33 bits per heavy atom. The SMILES string of the molecule is CCOCCCCNC(=NC)NC1CCN(c2ccccc2OC(F)F)C1. The molecule has 2 rings (SSSR count). The molecule has 0 spiro atoms. The van der Waals surface area contributed by atoms with Gasteiger partial charge >= 0.3 is 6.61 Å². The lowest BCUT2D eigenvalue weighted by atomic mass is 10.2. The minimum atomic E-state index is -2.83. The third-order valence-corrected chi connectivity index (χ3v) is 4.39. The summed E-state index contributed by atoms with van der Waals surface area (Å²) in [7, 11) is 1.74. The highest BCUT2D eigenvalue weighted by molar-refractivity contribution is 5.80. The van der Waals surface area contributed by atoms with E-state index in [0.717, 1.165) is 51.5 Å². The maximum atomic E-state index is 12.6. The third kappa shape index (κ3) is 7.21. The van der Waals surface area contributed by atoms with Crippen LogP contribution in [0.1, 0.15) is 26.2 Å². The maximum absolute atomic E-state index is 12.6. The van der Waals surface area contributed by atoms with Crippen LogP contribution < -0.4 is 20.3 Å². The normalized spacial score (nSPS) is 17.4. The number of aliphatic imine (C=N–C) groups is 1. The van der Waals surface area contributed by atoms with E-state index < -0.39 is 6.61 Å². The molecule has 1 unspecified atom stereocenters. The quantitative estimate of drug-likeness (QED) is 0.369. The summed E-state index contributed by atoms with van der Waals surface area (Å²) in [6, 6.07) is 7.11. The molecule has 27 heavy (non-hydrogen) atoms. The van der Waals surface area contributed by atoms with Crippen LogP contribution in [0.15, 0.2) is 29.3 Å². The lowest BCUT2D eigenvalue weighted by Gasteiger charge is -2.22. The summed E-state index contributed by atoms with van der Waals surface area (Å²) in [5, 5.41) is 6.71. The van der Waals surface area contributed by atoms with E-state index in [1.54, 1.807) is 19.2 Å². The first-order valence-electron chi connectivity index (χ1n) is 9.47. The minimum Gasteiger partial charge on any atom is -0.433 e. The molecule has 152 valence electrons. The average molecular weight is 384 g/mol. The topological polar surface area (TPSA) is 58.1 Å². The molecule has 1 aliphatic rings. The van der Waals surface area contributed by atoms with Gasteiger partial charge in [0, 0.05) is 45.9 Å². The molecule has 1 aromatic rings. The first kappa shape index (κ1) is 21.2. The largest absolute Gasteiger partial charge is 0.433 e. The second kappa shape index (κ2) is 11.6. The van der Waals surface area contributed by atoms with Crippen LogP contribution in [0.4, 0.5) is 14.5 Å². The van der Waals surface area contributed by atoms with Gasteiger partial charge in [-0.2, -0.15) is 8.78 Å². The number of benzene rings is 1. The Labute approximate surface area is 159 Å². The van der Waals surface area contributed by atoms with Crippen LogP contribution >= 0.6 is 0 Å². The highest BCUT2D eigenvalue weighted by atomic mass is 19.3. The zero-order chi connectivity index (χ0) is 19.5. The van der Waals surface area contributed by atoms with E-state index in [1.165, 1.54) is 0 Å². The van der Waals surface area contributed by atoms with Crippen molar-refractivity contribution in [2.45, 2.75) is 38.8 Å². The van der Waals surface area contributed by atoms with Crippen molar-refractivity contribution < 1.29 is 18.3 Å². The summed E-state index contributed by atoms with van der Waals surface area (Å²) in [6.07, 6.45) is 2.92. The zero-order valence-electron chi connectivity index (χ0n) is 16.1. The lowest BCUT2D eigenvalue weighted by molar-refractivity contribution is -0.0495. The number of ether oxygens (including phenoxy) is 2. The Morgan fingerprint density at radius 3 is 2.89 bits per heavy atom. The molecule has 0 aliphatic carbocycles. The van der Waals surface area contributed by atoms with Gasteiger partial charge < -0.3 is 25.0 Å². The number of guanidine groups is 1. The van der Waals surface area contributed by atoms with Gasteiger partial charge in [-0.05, 0) is 38.3 Å². The van der Waals surface area contributed by atoms with Gasteiger partial charge in [0.25, 0.3) is 0 Å². The van der Waals surface area contributed by atoms with E-state index in [4.69, 9.17) is 4.74 Å². The monoisotopic (exact) mass is 384 g/mol. The van der Waals surface area contributed by atoms with Gasteiger partial charge in [-0.1, -0.05) is 12.1 Å². The Bertz CT molecular complexity index is 587. The molecule has 1 fully saturated rings. The molecule has 0 radical (unpaired) electrons. The Hall–Kier alpha value is -2.09. The number of anilines is 1. The van der Waals surface area contributed by atoms with Crippen LogP contribution in [-0.2, 0) is 4.74 Å². The molecule has 0 aromatic heterocycles. The smallest absolute Gasteiger partial charge is 0.387 e. The van der Waals surface area contributed by atoms with Crippen LogP contribution in [0.2, 0.25) is 0 Å². The van der Waals surface area contributed by atoms with Crippen LogP contribution in [0.3, 0.4) is 0 Å². The predicted molar refractivity (Wildman–Crippen MR) is 104 cm³/mol. The third-order valence-electron chi connectivity index (χ3n) is 4.39. The molecule has 6 nitrogen and oxygen atoms in total. The molecular weight excluding hydrogens is 354 g/mol. The van der Waals surface area contributed by atoms with Crippen LogP contribution in [0, 0.1) is 0 Å². The van der Waals surface area contributed by atoms with Crippen molar-refractivity contribution in [1.29, 1.82) is 0 Å². The molecule has 1 saturated heterocycles. The van der Waals surface area contributed by atoms with Gasteiger partial charge in [0.05, 0.1) is 5.69 Å². The van der Waals surface area contributed by atoms with E-state index in [0.29, 0.717) is 12.2 Å². The minimum absolute atomic E-state index is 0.194. The summed E-state index contributed by atoms with van der Waals surface area (Å²) in [5.41, 5.74) is 0.695. The molecule has 0 saturated carbocycles. The predicted octanol–water partition coefficient (Wildman–Crippen LogP) is 2.85. The molecular formula is C19H30F2N4O2. The van der Waals surface area contributed by atoms with Crippen molar-refractivity contribution in [3.8, 4) is 5.75 Å². The van der Waals surface area contributed by atoms with Crippen molar-refractivity contribution in [2.75, 3.05) is 44.8 Å². The van der Waals surface area contributed by atoms with Crippen LogP contribution in [-0.4, -0.2) is 58.5 Å². The fourth-order valence-electron chi connectivity index (χ4n) is 3.08. The van der Waals surface area contributed by atoms with Crippen molar-refractivity contribution in [1.82, 2.24) is 10.6 Å². The van der Waals surface area contributed by atoms with Gasteiger partial charge in [-0.15, -0.1) is 0 Å². The fraction of sp³-hybridized carbons (Fsp3) is 0.632. The standard InChI is InChI=1S/C19H30F2N4O2/c1-3-26-13-7-6-11-23-19(22-2)24-15-10-12-25(14-15)16-8-4-5-9-17(16)27-18(20)21/h4-5,8-9,15,18H,3,6-7,10-14H2,1-2H3,(H2,22,23,24). The molecule has 0 bridgehead atoms. The second-order valence-corrected chi connectivity index (χ2v) is 6.33. The molecule has 1 aliphatic heterocycles. The van der Waals surface area contributed by atoms with Gasteiger partial charge in [-0.3, -0.25) is 4.99 Å². The van der Waals surface area contributed by atoms with Gasteiger partial charge in [0.15, 0.2) is 5.96 Å². The Kier molecular flexibility index (Phi) is 9.10. The number of halogens is 2. The summed E-state index contributed by atoms with van der Waals surface area (Å²) < 4.78 is 35.2. The molecule has 2 N–H and O–H groups in total. The van der Waals surface area contributed by atoms with Crippen molar-refractivity contribution in [3.05, 3.63) is 24.3 Å². The number of nitrogens with one attached hydrogen (secondary N) is 2. The maximum Gasteiger partial charge on any atom is 0.387 e. The highest BCUT2D eigenvalue weighted by Crippen LogP contribution is 2.31. The van der Waals surface area contributed by atoms with Gasteiger partial charge in [-0.25, -0.2) is 0 Å². The van der Waals surface area contributed by atoms with Crippen molar-refractivity contribution in [3.63, 3.8) is 0 Å². The van der Waals surface area contributed by atoms with E-state index in [1.807, 2.05) is 19.1 Å². The zero-order valence-corrected chi connectivity index (χ0v) is 16.1. The van der Waals surface area contributed by atoms with Crippen LogP contribution in [0.5, 0.6) is 5.75 Å². The summed E-state index contributed by atoms with van der Waals surface area (Å²) >= 11 is 0. The van der Waals surface area contributed by atoms with E-state index in [-0.39, 0.29) is 11.8 Å². The number of hydrogen-bond donors (Lipinski definition) is 2. The Morgan fingerprint density at radius 2 is 2.15 bits per heavy atom. The number of alkyl halides is 2. The van der Waals surface area contributed by atoms with Crippen molar-refractivity contribution in [2.24, 2.45) is 4.99 Å². The first-order valence-corrected chi connectivity index (χ1v) is 9.47. The number of para-hydroxylation sites is 2. The van der Waals surface area contributed by atoms with Crippen molar-refractivity contribution >= 4 is 11.6 Å². The summed E-state index contributed by atoms with van der Waals surface area (Å²) in [4.78, 5) is 6.32. The second-order valence-electron chi connectivity index (χ2n) is 6.33. The first-order chi connectivity index (χ1) is 13.1. The number of nitrogens with zero attached hydrogens (tertiary/aromatic N) is 2. The Balaban J connectivity index is 1.80.